The molecule has 0 spiro atoms. The summed E-state index contributed by atoms with van der Waals surface area (Å²) in [6.07, 6.45) is 0.739. The fourth-order valence-electron chi connectivity index (χ4n) is 2.30. The maximum atomic E-state index is 12.3. The Labute approximate surface area is 165 Å². The third kappa shape index (κ3) is 4.90. The molecular formula is C19H17ClN4O2S. The monoisotopic (exact) mass is 400 g/mol. The standard InChI is InChI=1S/C19H17ClN4O2S/c1-2-16-23-24-19(27-16)18(26)22-14-9-7-12(8-10-14)17(25)21-11-13-5-3-4-6-15(13)20/h3-10H,2,11H2,1H3,(H,21,25)(H,22,26). The second-order valence-electron chi connectivity index (χ2n) is 5.66. The molecule has 8 heteroatoms. The fourth-order valence-corrected chi connectivity index (χ4v) is 3.17. The van der Waals surface area contributed by atoms with Gasteiger partial charge in [-0.05, 0) is 42.3 Å². The number of anilines is 1. The highest BCUT2D eigenvalue weighted by molar-refractivity contribution is 7.13. The SMILES string of the molecule is CCc1nnc(C(=O)Nc2ccc(C(=O)NCc3ccccc3Cl)cc2)s1. The van der Waals surface area contributed by atoms with Crippen LogP contribution in [0.25, 0.3) is 0 Å². The zero-order chi connectivity index (χ0) is 19.2. The minimum atomic E-state index is -0.317. The van der Waals surface area contributed by atoms with Crippen LogP contribution in [0.5, 0.6) is 0 Å². The largest absolute Gasteiger partial charge is 0.348 e. The molecule has 27 heavy (non-hydrogen) atoms. The maximum Gasteiger partial charge on any atom is 0.286 e. The summed E-state index contributed by atoms with van der Waals surface area (Å²) in [4.78, 5) is 24.4. The maximum absolute atomic E-state index is 12.3. The van der Waals surface area contributed by atoms with Crippen LogP contribution in [0.4, 0.5) is 5.69 Å². The predicted molar refractivity (Wildman–Crippen MR) is 106 cm³/mol. The van der Waals surface area contributed by atoms with Gasteiger partial charge in [0.2, 0.25) is 5.01 Å². The number of benzene rings is 2. The van der Waals surface area contributed by atoms with Crippen molar-refractivity contribution < 1.29 is 9.59 Å². The Morgan fingerprint density at radius 3 is 2.44 bits per heavy atom. The molecule has 2 N–H and O–H groups in total. The molecule has 3 aromatic rings. The first-order chi connectivity index (χ1) is 13.1. The van der Waals surface area contributed by atoms with Gasteiger partial charge in [0.1, 0.15) is 5.01 Å². The van der Waals surface area contributed by atoms with Crippen molar-refractivity contribution in [1.29, 1.82) is 0 Å². The first-order valence-electron chi connectivity index (χ1n) is 8.32. The summed E-state index contributed by atoms with van der Waals surface area (Å²) in [6, 6.07) is 14.0. The van der Waals surface area contributed by atoms with Crippen molar-refractivity contribution in [3.05, 3.63) is 74.7 Å². The minimum Gasteiger partial charge on any atom is -0.348 e. The van der Waals surface area contributed by atoms with E-state index < -0.39 is 0 Å². The summed E-state index contributed by atoms with van der Waals surface area (Å²) in [7, 11) is 0. The summed E-state index contributed by atoms with van der Waals surface area (Å²) in [6.45, 7) is 2.30. The predicted octanol–water partition coefficient (Wildman–Crippen LogP) is 3.94. The number of hydrogen-bond acceptors (Lipinski definition) is 5. The number of aromatic nitrogens is 2. The molecule has 0 saturated carbocycles. The number of nitrogens with one attached hydrogen (secondary N) is 2. The summed E-state index contributed by atoms with van der Waals surface area (Å²) >= 11 is 7.35. The highest BCUT2D eigenvalue weighted by Gasteiger charge is 2.13. The van der Waals surface area contributed by atoms with Gasteiger partial charge in [-0.3, -0.25) is 9.59 Å². The summed E-state index contributed by atoms with van der Waals surface area (Å²) in [5.74, 6) is -0.535. The van der Waals surface area contributed by atoms with Crippen LogP contribution in [0.3, 0.4) is 0 Å². The zero-order valence-corrected chi connectivity index (χ0v) is 16.1. The van der Waals surface area contributed by atoms with E-state index in [9.17, 15) is 9.59 Å². The normalized spacial score (nSPS) is 10.4. The summed E-state index contributed by atoms with van der Waals surface area (Å²) < 4.78 is 0. The third-order valence-electron chi connectivity index (χ3n) is 3.77. The first kappa shape index (κ1) is 19.0. The van der Waals surface area contributed by atoms with Crippen LogP contribution in [0.1, 0.15) is 37.7 Å². The van der Waals surface area contributed by atoms with E-state index in [0.29, 0.717) is 27.8 Å². The van der Waals surface area contributed by atoms with E-state index in [-0.39, 0.29) is 11.8 Å². The molecule has 0 aliphatic rings. The number of carbonyl (C=O) groups excluding carboxylic acids is 2. The molecule has 0 atom stereocenters. The van der Waals surface area contributed by atoms with Crippen LogP contribution < -0.4 is 10.6 Å². The van der Waals surface area contributed by atoms with Gasteiger partial charge in [0, 0.05) is 22.8 Å². The van der Waals surface area contributed by atoms with Gasteiger partial charge in [0.25, 0.3) is 11.8 Å². The topological polar surface area (TPSA) is 84.0 Å². The number of nitrogens with zero attached hydrogens (tertiary/aromatic N) is 2. The second kappa shape index (κ2) is 8.75. The van der Waals surface area contributed by atoms with Crippen molar-refractivity contribution in [3.63, 3.8) is 0 Å². The average molecular weight is 401 g/mol. The van der Waals surface area contributed by atoms with Gasteiger partial charge in [-0.1, -0.05) is 48.1 Å². The lowest BCUT2D eigenvalue weighted by Gasteiger charge is -2.08. The molecule has 3 rings (SSSR count). The van der Waals surface area contributed by atoms with Gasteiger partial charge in [-0.2, -0.15) is 0 Å². The molecule has 0 bridgehead atoms. The highest BCUT2D eigenvalue weighted by atomic mass is 35.5. The van der Waals surface area contributed by atoms with E-state index in [4.69, 9.17) is 11.6 Å². The lowest BCUT2D eigenvalue weighted by molar-refractivity contribution is 0.0950. The number of rotatable bonds is 6. The van der Waals surface area contributed by atoms with Crippen molar-refractivity contribution in [1.82, 2.24) is 15.5 Å². The Morgan fingerprint density at radius 1 is 1.04 bits per heavy atom. The molecule has 0 unspecified atom stereocenters. The van der Waals surface area contributed by atoms with Crippen molar-refractivity contribution in [3.8, 4) is 0 Å². The highest BCUT2D eigenvalue weighted by Crippen LogP contribution is 2.16. The molecule has 138 valence electrons. The molecule has 1 heterocycles. The molecule has 0 saturated heterocycles. The lowest BCUT2D eigenvalue weighted by atomic mass is 10.1. The van der Waals surface area contributed by atoms with E-state index in [1.165, 1.54) is 11.3 Å². The molecule has 1 aromatic heterocycles. The average Bonchev–Trinajstić information content (AvgIpc) is 3.17. The number of carbonyl (C=O) groups is 2. The Kier molecular flexibility index (Phi) is 6.16. The number of hydrogen-bond donors (Lipinski definition) is 2. The van der Waals surface area contributed by atoms with Crippen molar-refractivity contribution in [2.45, 2.75) is 19.9 Å². The van der Waals surface area contributed by atoms with Gasteiger partial charge >= 0.3 is 0 Å². The molecule has 2 amide bonds. The Hall–Kier alpha value is -2.77. The molecule has 2 aromatic carbocycles. The fraction of sp³-hybridized carbons (Fsp3) is 0.158. The van der Waals surface area contributed by atoms with E-state index in [2.05, 4.69) is 20.8 Å². The van der Waals surface area contributed by atoms with Crippen LogP contribution >= 0.6 is 22.9 Å². The molecular weight excluding hydrogens is 384 g/mol. The number of aryl methyl sites for hydroxylation is 1. The van der Waals surface area contributed by atoms with Crippen LogP contribution in [0.2, 0.25) is 5.02 Å². The molecule has 0 radical (unpaired) electrons. The molecule has 0 fully saturated rings. The zero-order valence-electron chi connectivity index (χ0n) is 14.5. The van der Waals surface area contributed by atoms with E-state index in [0.717, 1.165) is 17.0 Å². The molecule has 0 aliphatic heterocycles. The van der Waals surface area contributed by atoms with E-state index in [1.807, 2.05) is 25.1 Å². The first-order valence-corrected chi connectivity index (χ1v) is 9.51. The molecule has 0 aliphatic carbocycles. The quantitative estimate of drug-likeness (QED) is 0.656. The molecule has 6 nitrogen and oxygen atoms in total. The van der Waals surface area contributed by atoms with E-state index >= 15 is 0 Å². The minimum absolute atomic E-state index is 0.218. The van der Waals surface area contributed by atoms with Crippen LogP contribution in [-0.2, 0) is 13.0 Å². The number of amides is 2. The lowest BCUT2D eigenvalue weighted by Crippen LogP contribution is -2.23. The van der Waals surface area contributed by atoms with Crippen LogP contribution in [-0.4, -0.2) is 22.0 Å². The van der Waals surface area contributed by atoms with Gasteiger partial charge in [0.05, 0.1) is 0 Å². The van der Waals surface area contributed by atoms with Gasteiger partial charge in [-0.15, -0.1) is 10.2 Å². The third-order valence-corrected chi connectivity index (χ3v) is 5.20. The Bertz CT molecular complexity index is 956. The smallest absolute Gasteiger partial charge is 0.286 e. The van der Waals surface area contributed by atoms with Gasteiger partial charge in [0.15, 0.2) is 0 Å². The summed E-state index contributed by atoms with van der Waals surface area (Å²) in [5, 5.41) is 15.1. The van der Waals surface area contributed by atoms with Crippen LogP contribution in [0, 0.1) is 0 Å². The van der Waals surface area contributed by atoms with Crippen LogP contribution in [0.15, 0.2) is 48.5 Å². The second-order valence-corrected chi connectivity index (χ2v) is 7.13. The van der Waals surface area contributed by atoms with E-state index in [1.54, 1.807) is 30.3 Å². The Balaban J connectivity index is 1.58. The Morgan fingerprint density at radius 2 is 1.78 bits per heavy atom. The van der Waals surface area contributed by atoms with Crippen molar-refractivity contribution in [2.24, 2.45) is 0 Å². The van der Waals surface area contributed by atoms with Crippen molar-refractivity contribution in [2.75, 3.05) is 5.32 Å². The van der Waals surface area contributed by atoms with Gasteiger partial charge < -0.3 is 10.6 Å². The number of halogens is 1. The summed E-state index contributed by atoms with van der Waals surface area (Å²) in [5.41, 5.74) is 1.92. The van der Waals surface area contributed by atoms with Gasteiger partial charge in [-0.25, -0.2) is 0 Å². The van der Waals surface area contributed by atoms with Crippen molar-refractivity contribution >= 4 is 40.4 Å².